The van der Waals surface area contributed by atoms with Crippen molar-refractivity contribution in [3.63, 3.8) is 0 Å². The Hall–Kier alpha value is -4.57. The van der Waals surface area contributed by atoms with Crippen molar-refractivity contribution in [2.75, 3.05) is 19.8 Å². The van der Waals surface area contributed by atoms with Gasteiger partial charge in [0, 0.05) is 24.6 Å². The van der Waals surface area contributed by atoms with Crippen molar-refractivity contribution < 1.29 is 33.3 Å². The zero-order valence-corrected chi connectivity index (χ0v) is 24.9. The summed E-state index contributed by atoms with van der Waals surface area (Å²) in [5.74, 6) is -0.150. The molecule has 3 N–H and O–H groups in total. The van der Waals surface area contributed by atoms with Crippen molar-refractivity contribution in [1.29, 1.82) is 5.41 Å². The maximum absolute atomic E-state index is 13.4. The first kappa shape index (κ1) is 32.9. The van der Waals surface area contributed by atoms with E-state index in [9.17, 15) is 14.4 Å². The molecule has 3 atom stereocenters. The lowest BCUT2D eigenvalue weighted by molar-refractivity contribution is -0.168. The number of carbonyl (C=O) groups excluding carboxylic acids is 3. The minimum Gasteiger partial charge on any atom is -0.491 e. The van der Waals surface area contributed by atoms with Crippen LogP contribution < -0.4 is 10.5 Å². The summed E-state index contributed by atoms with van der Waals surface area (Å²) in [6.45, 7) is 3.85. The largest absolute Gasteiger partial charge is 0.511 e. The van der Waals surface area contributed by atoms with Gasteiger partial charge in [-0.05, 0) is 54.7 Å². The number of nitrogen functional groups attached to an aromatic ring is 1. The van der Waals surface area contributed by atoms with E-state index in [0.29, 0.717) is 29.8 Å². The average Bonchev–Trinajstić information content (AvgIpc) is 3.38. The van der Waals surface area contributed by atoms with E-state index < -0.39 is 18.4 Å². The van der Waals surface area contributed by atoms with Crippen LogP contribution in [0.4, 0.5) is 4.79 Å². The van der Waals surface area contributed by atoms with E-state index in [-0.39, 0.29) is 55.7 Å². The molecule has 43 heavy (non-hydrogen) atoms. The Morgan fingerprint density at radius 2 is 1.56 bits per heavy atom. The normalized spacial score (nSPS) is 16.4. The Kier molecular flexibility index (Phi) is 11.9. The van der Waals surface area contributed by atoms with Gasteiger partial charge in [-0.3, -0.25) is 15.0 Å². The van der Waals surface area contributed by atoms with Gasteiger partial charge in [-0.25, -0.2) is 4.79 Å². The molecule has 11 heteroatoms. The second-order valence-corrected chi connectivity index (χ2v) is 9.97. The molecule has 3 aromatic rings. The van der Waals surface area contributed by atoms with Crippen molar-refractivity contribution in [1.82, 2.24) is 4.90 Å². The maximum atomic E-state index is 13.4. The number of hydrogen-bond donors (Lipinski definition) is 2. The number of ether oxygens (including phenoxy) is 4. The lowest BCUT2D eigenvalue weighted by atomic mass is 10.0. The molecule has 1 heterocycles. The molecule has 1 aliphatic heterocycles. The van der Waals surface area contributed by atoms with E-state index in [2.05, 4.69) is 0 Å². The van der Waals surface area contributed by atoms with Gasteiger partial charge in [-0.1, -0.05) is 54.6 Å². The molecule has 3 aromatic carbocycles. The number of halogens is 1. The number of esters is 1. The topological polar surface area (TPSA) is 141 Å². The minimum atomic E-state index is -1.09. The fraction of sp³-hybridized carbons (Fsp3) is 0.312. The number of amides is 1. The van der Waals surface area contributed by atoms with Gasteiger partial charge in [-0.15, -0.1) is 12.4 Å². The molecule has 4 rings (SSSR count). The monoisotopic (exact) mass is 609 g/mol. The van der Waals surface area contributed by atoms with Crippen LogP contribution in [0.1, 0.15) is 42.6 Å². The van der Waals surface area contributed by atoms with Gasteiger partial charge in [0.05, 0.1) is 19.1 Å². The number of nitrogens with one attached hydrogen (secondary N) is 1. The molecule has 0 radical (unpaired) electrons. The highest BCUT2D eigenvalue weighted by molar-refractivity contribution is 5.95. The number of nitrogens with two attached hydrogens (primary N) is 1. The summed E-state index contributed by atoms with van der Waals surface area (Å²) in [4.78, 5) is 39.2. The Morgan fingerprint density at radius 1 is 0.930 bits per heavy atom. The lowest BCUT2D eigenvalue weighted by Gasteiger charge is -2.25. The number of nitrogens with zero attached hydrogens (tertiary/aromatic N) is 1. The van der Waals surface area contributed by atoms with Crippen LogP contribution >= 0.6 is 12.4 Å². The van der Waals surface area contributed by atoms with Gasteiger partial charge < -0.3 is 29.6 Å². The third kappa shape index (κ3) is 9.21. The van der Waals surface area contributed by atoms with Gasteiger partial charge in [-0.2, -0.15) is 0 Å². The van der Waals surface area contributed by atoms with E-state index in [4.69, 9.17) is 30.1 Å². The molecule has 0 saturated carbocycles. The second-order valence-electron chi connectivity index (χ2n) is 9.97. The molecule has 1 amide bonds. The second kappa shape index (κ2) is 15.6. The molecule has 1 saturated heterocycles. The average molecular weight is 610 g/mol. The fourth-order valence-corrected chi connectivity index (χ4v) is 4.87. The minimum absolute atomic E-state index is 0. The molecule has 10 nitrogen and oxygen atoms in total. The summed E-state index contributed by atoms with van der Waals surface area (Å²) in [6.07, 6.45) is -1.40. The Balaban J connectivity index is 0.00000506. The van der Waals surface area contributed by atoms with Crippen LogP contribution in [0.2, 0.25) is 0 Å². The SMILES string of the molecule is CCOC(=O)OC(C)OC(=O)C[C@@H]1C[C@@H](COc2ccc(-c3ccc(C(=N)N)cc3)cc2)N(C(=O)c2ccccc2)C1.Cl. The standard InChI is InChI=1S/C32H35N3O7.ClH/c1-3-39-32(38)42-21(2)41-29(36)18-22-17-27(35(19-22)31(37)26-7-5-4-6-8-26)20-40-28-15-13-24(14-16-28)23-9-11-25(12-10-23)30(33)34;/h4-16,21-22,27H,3,17-20H2,1-2H3,(H3,33,34);1H/t21?,22-,27-;/m0./s1. The highest BCUT2D eigenvalue weighted by Crippen LogP contribution is 2.29. The van der Waals surface area contributed by atoms with Crippen LogP contribution in [0, 0.1) is 11.3 Å². The van der Waals surface area contributed by atoms with Crippen LogP contribution in [0.5, 0.6) is 5.75 Å². The number of likely N-dealkylation sites (tertiary alicyclic amines) is 1. The van der Waals surface area contributed by atoms with Gasteiger partial charge in [0.15, 0.2) is 0 Å². The highest BCUT2D eigenvalue weighted by Gasteiger charge is 2.37. The summed E-state index contributed by atoms with van der Waals surface area (Å²) in [7, 11) is 0. The molecule has 1 unspecified atom stereocenters. The third-order valence-electron chi connectivity index (χ3n) is 6.89. The van der Waals surface area contributed by atoms with Gasteiger partial charge in [0.2, 0.25) is 6.29 Å². The van der Waals surface area contributed by atoms with E-state index in [1.165, 1.54) is 6.92 Å². The summed E-state index contributed by atoms with van der Waals surface area (Å²) < 4.78 is 20.9. The third-order valence-corrected chi connectivity index (χ3v) is 6.89. The number of carbonyl (C=O) groups is 3. The van der Waals surface area contributed by atoms with Gasteiger partial charge in [0.1, 0.15) is 18.2 Å². The zero-order valence-electron chi connectivity index (χ0n) is 24.1. The predicted octanol–water partition coefficient (Wildman–Crippen LogP) is 5.42. The van der Waals surface area contributed by atoms with Crippen molar-refractivity contribution >= 4 is 36.3 Å². The van der Waals surface area contributed by atoms with Crippen molar-refractivity contribution in [3.05, 3.63) is 90.0 Å². The van der Waals surface area contributed by atoms with Gasteiger partial charge in [0.25, 0.3) is 5.91 Å². The van der Waals surface area contributed by atoms with Crippen LogP contribution in [0.25, 0.3) is 11.1 Å². The molecule has 0 bridgehead atoms. The first-order chi connectivity index (χ1) is 20.2. The van der Waals surface area contributed by atoms with E-state index in [1.54, 1.807) is 36.1 Å². The number of benzene rings is 3. The maximum Gasteiger partial charge on any atom is 0.511 e. The molecular weight excluding hydrogens is 574 g/mol. The van der Waals surface area contributed by atoms with E-state index >= 15 is 0 Å². The number of rotatable bonds is 11. The molecular formula is C32H36ClN3O7. The quantitative estimate of drug-likeness (QED) is 0.127. The smallest absolute Gasteiger partial charge is 0.491 e. The summed E-state index contributed by atoms with van der Waals surface area (Å²) in [6, 6.07) is 23.8. The van der Waals surface area contributed by atoms with E-state index in [0.717, 1.165) is 11.1 Å². The van der Waals surface area contributed by atoms with E-state index in [1.807, 2.05) is 54.6 Å². The van der Waals surface area contributed by atoms with Crippen LogP contribution in [-0.4, -0.2) is 60.9 Å². The summed E-state index contributed by atoms with van der Waals surface area (Å²) in [5.41, 5.74) is 8.73. The van der Waals surface area contributed by atoms with Crippen LogP contribution in [-0.2, 0) is 19.0 Å². The number of hydrogen-bond acceptors (Lipinski definition) is 8. The molecule has 0 spiro atoms. The van der Waals surface area contributed by atoms with Crippen molar-refractivity contribution in [2.45, 2.75) is 39.0 Å². The Bertz CT molecular complexity index is 1380. The van der Waals surface area contributed by atoms with Gasteiger partial charge >= 0.3 is 12.1 Å². The molecule has 228 valence electrons. The summed E-state index contributed by atoms with van der Waals surface area (Å²) in [5, 5.41) is 7.55. The van der Waals surface area contributed by atoms with Crippen molar-refractivity contribution in [2.24, 2.45) is 11.7 Å². The summed E-state index contributed by atoms with van der Waals surface area (Å²) >= 11 is 0. The fourth-order valence-electron chi connectivity index (χ4n) is 4.87. The molecule has 0 aliphatic carbocycles. The predicted molar refractivity (Wildman–Crippen MR) is 163 cm³/mol. The molecule has 1 aliphatic rings. The first-order valence-electron chi connectivity index (χ1n) is 13.8. The molecule has 0 aromatic heterocycles. The first-order valence-corrected chi connectivity index (χ1v) is 13.8. The zero-order chi connectivity index (χ0) is 30.1. The number of amidine groups is 1. The Labute approximate surface area is 257 Å². The lowest BCUT2D eigenvalue weighted by Crippen LogP contribution is -2.39. The molecule has 1 fully saturated rings. The van der Waals surface area contributed by atoms with Crippen LogP contribution in [0.3, 0.4) is 0 Å². The van der Waals surface area contributed by atoms with Crippen LogP contribution in [0.15, 0.2) is 78.9 Å². The highest BCUT2D eigenvalue weighted by atomic mass is 35.5. The van der Waals surface area contributed by atoms with Crippen molar-refractivity contribution in [3.8, 4) is 16.9 Å². The Morgan fingerprint density at radius 3 is 2.16 bits per heavy atom.